The minimum atomic E-state index is -0.557. The fourth-order valence-electron chi connectivity index (χ4n) is 1.31. The molecule has 0 aliphatic carbocycles. The van der Waals surface area contributed by atoms with Crippen LogP contribution in [-0.4, -0.2) is 34.3 Å². The van der Waals surface area contributed by atoms with E-state index in [1.807, 2.05) is 0 Å². The van der Waals surface area contributed by atoms with Gasteiger partial charge in [-0.1, -0.05) is 0 Å². The first-order valence-electron chi connectivity index (χ1n) is 5.31. The number of hydrogen-bond donors (Lipinski definition) is 3. The number of nitrogens with one attached hydrogen (secondary N) is 3. The van der Waals surface area contributed by atoms with Crippen molar-refractivity contribution in [3.8, 4) is 0 Å². The molecule has 1 heterocycles. The Labute approximate surface area is 108 Å². The van der Waals surface area contributed by atoms with E-state index in [-0.39, 0.29) is 5.82 Å². The number of benzene rings is 1. The number of methoxy groups -OCH3 is 1. The normalized spacial score (nSPS) is 9.74. The second-order valence-electron chi connectivity index (χ2n) is 3.48. The molecule has 0 spiro atoms. The van der Waals surface area contributed by atoms with Crippen LogP contribution in [0, 0.1) is 0 Å². The monoisotopic (exact) mass is 261 g/mol. The van der Waals surface area contributed by atoms with Crippen molar-refractivity contribution < 1.29 is 14.3 Å². The van der Waals surface area contributed by atoms with E-state index in [0.29, 0.717) is 11.4 Å². The molecule has 1 aromatic heterocycles. The largest absolute Gasteiger partial charge is 0.453 e. The summed E-state index contributed by atoms with van der Waals surface area (Å²) in [4.78, 5) is 26.4. The highest BCUT2D eigenvalue weighted by atomic mass is 16.5. The summed E-state index contributed by atoms with van der Waals surface area (Å²) >= 11 is 0. The molecule has 0 radical (unpaired) electrons. The average Bonchev–Trinajstić information content (AvgIpc) is 2.95. The van der Waals surface area contributed by atoms with Crippen molar-refractivity contribution in [2.24, 2.45) is 0 Å². The number of carbonyl (C=O) groups is 2. The van der Waals surface area contributed by atoms with Crippen LogP contribution in [0.3, 0.4) is 0 Å². The molecule has 2 aromatic rings. The van der Waals surface area contributed by atoms with Crippen molar-refractivity contribution in [3.63, 3.8) is 0 Å². The van der Waals surface area contributed by atoms with Crippen molar-refractivity contribution in [1.82, 2.24) is 15.2 Å². The van der Waals surface area contributed by atoms with Crippen LogP contribution < -0.4 is 10.6 Å². The van der Waals surface area contributed by atoms with Crippen LogP contribution in [0.4, 0.5) is 16.2 Å². The number of carbonyl (C=O) groups excluding carboxylic acids is 2. The Morgan fingerprint density at radius 1 is 1.16 bits per heavy atom. The lowest BCUT2D eigenvalue weighted by Crippen LogP contribution is -2.14. The van der Waals surface area contributed by atoms with Gasteiger partial charge in [-0.05, 0) is 24.3 Å². The molecule has 1 aromatic carbocycles. The number of H-pyrrole nitrogens is 1. The third-order valence-corrected chi connectivity index (χ3v) is 2.20. The quantitative estimate of drug-likeness (QED) is 0.770. The number of nitrogens with zero attached hydrogens (tertiary/aromatic N) is 2. The van der Waals surface area contributed by atoms with Crippen molar-refractivity contribution in [2.45, 2.75) is 0 Å². The maximum absolute atomic E-state index is 11.6. The Hall–Kier alpha value is -2.90. The van der Waals surface area contributed by atoms with Crippen LogP contribution >= 0.6 is 0 Å². The number of anilines is 2. The van der Waals surface area contributed by atoms with E-state index in [1.165, 1.54) is 13.4 Å². The number of hydrogen-bond acceptors (Lipinski definition) is 5. The predicted octanol–water partition coefficient (Wildman–Crippen LogP) is 1.24. The van der Waals surface area contributed by atoms with Crippen molar-refractivity contribution in [1.29, 1.82) is 0 Å². The van der Waals surface area contributed by atoms with Crippen LogP contribution in [0.25, 0.3) is 0 Å². The zero-order valence-corrected chi connectivity index (χ0v) is 10.0. The van der Waals surface area contributed by atoms with Crippen molar-refractivity contribution >= 4 is 23.4 Å². The number of rotatable bonds is 3. The highest BCUT2D eigenvalue weighted by molar-refractivity contribution is 6.01. The third-order valence-electron chi connectivity index (χ3n) is 2.20. The van der Waals surface area contributed by atoms with Crippen LogP contribution in [0.5, 0.6) is 0 Å². The summed E-state index contributed by atoms with van der Waals surface area (Å²) in [6.07, 6.45) is 0.691. The predicted molar refractivity (Wildman–Crippen MR) is 66.8 cm³/mol. The molecule has 0 saturated carbocycles. The van der Waals surface area contributed by atoms with Gasteiger partial charge in [0.1, 0.15) is 6.33 Å². The van der Waals surface area contributed by atoms with Crippen LogP contribution in [-0.2, 0) is 4.74 Å². The molecular formula is C11H11N5O3. The smallest absolute Gasteiger partial charge is 0.411 e. The lowest BCUT2D eigenvalue weighted by molar-refractivity contribution is 0.101. The summed E-state index contributed by atoms with van der Waals surface area (Å²) in [6.45, 7) is 0. The van der Waals surface area contributed by atoms with E-state index in [4.69, 9.17) is 0 Å². The maximum atomic E-state index is 11.6. The van der Waals surface area contributed by atoms with Gasteiger partial charge in [-0.15, -0.1) is 0 Å². The average molecular weight is 261 g/mol. The number of aromatic amines is 1. The Balaban J connectivity index is 1.99. The Morgan fingerprint density at radius 3 is 2.32 bits per heavy atom. The summed E-state index contributed by atoms with van der Waals surface area (Å²) in [5.74, 6) is -0.275. The molecule has 19 heavy (non-hydrogen) atoms. The van der Waals surface area contributed by atoms with Gasteiger partial charge in [0.15, 0.2) is 0 Å². The van der Waals surface area contributed by atoms with Gasteiger partial charge in [-0.2, -0.15) is 5.10 Å². The van der Waals surface area contributed by atoms with E-state index >= 15 is 0 Å². The first kappa shape index (κ1) is 12.6. The minimum absolute atomic E-state index is 0.122. The van der Waals surface area contributed by atoms with Gasteiger partial charge < -0.3 is 10.1 Å². The maximum Gasteiger partial charge on any atom is 0.411 e. The molecule has 2 rings (SSSR count). The molecule has 2 amide bonds. The molecule has 0 fully saturated rings. The minimum Gasteiger partial charge on any atom is -0.453 e. The Kier molecular flexibility index (Phi) is 3.72. The van der Waals surface area contributed by atoms with Gasteiger partial charge in [0, 0.05) is 11.4 Å². The lowest BCUT2D eigenvalue weighted by atomic mass is 10.3. The highest BCUT2D eigenvalue weighted by Gasteiger charge is 2.08. The first-order valence-corrected chi connectivity index (χ1v) is 5.31. The second kappa shape index (κ2) is 5.63. The molecule has 98 valence electrons. The molecule has 0 aliphatic rings. The molecule has 8 heteroatoms. The first-order chi connectivity index (χ1) is 9.19. The molecule has 8 nitrogen and oxygen atoms in total. The molecular weight excluding hydrogens is 250 g/mol. The van der Waals surface area contributed by atoms with Crippen LogP contribution in [0.1, 0.15) is 10.6 Å². The van der Waals surface area contributed by atoms with Crippen molar-refractivity contribution in [3.05, 3.63) is 36.4 Å². The standard InChI is InChI=1S/C11H11N5O3/c1-19-11(18)15-8-4-2-7(3-5-8)14-10(17)9-12-6-13-16-9/h2-6H,1H3,(H,14,17)(H,15,18)(H,12,13,16). The highest BCUT2D eigenvalue weighted by Crippen LogP contribution is 2.14. The Morgan fingerprint density at radius 2 is 1.79 bits per heavy atom. The van der Waals surface area contributed by atoms with E-state index in [2.05, 4.69) is 30.6 Å². The van der Waals surface area contributed by atoms with Gasteiger partial charge >= 0.3 is 6.09 Å². The molecule has 0 unspecified atom stereocenters. The zero-order chi connectivity index (χ0) is 13.7. The van der Waals surface area contributed by atoms with Gasteiger partial charge in [0.05, 0.1) is 7.11 Å². The molecule has 0 atom stereocenters. The Bertz CT molecular complexity index is 565. The summed E-state index contributed by atoms with van der Waals surface area (Å²) in [7, 11) is 1.28. The lowest BCUT2D eigenvalue weighted by Gasteiger charge is -2.06. The van der Waals surface area contributed by atoms with Gasteiger partial charge in [-0.3, -0.25) is 15.2 Å². The van der Waals surface area contributed by atoms with Gasteiger partial charge in [0.25, 0.3) is 5.91 Å². The zero-order valence-electron chi connectivity index (χ0n) is 10.0. The van der Waals surface area contributed by atoms with E-state index in [0.717, 1.165) is 0 Å². The molecule has 3 N–H and O–H groups in total. The van der Waals surface area contributed by atoms with E-state index in [9.17, 15) is 9.59 Å². The summed E-state index contributed by atoms with van der Waals surface area (Å²) < 4.78 is 4.46. The fourth-order valence-corrected chi connectivity index (χ4v) is 1.31. The van der Waals surface area contributed by atoms with Gasteiger partial charge in [-0.25, -0.2) is 9.78 Å². The van der Waals surface area contributed by atoms with Crippen LogP contribution in [0.2, 0.25) is 0 Å². The fraction of sp³-hybridized carbons (Fsp3) is 0.0909. The molecule has 0 aliphatic heterocycles. The number of amides is 2. The number of ether oxygens (including phenoxy) is 1. The summed E-state index contributed by atoms with van der Waals surface area (Å²) in [5.41, 5.74) is 1.13. The number of aromatic nitrogens is 3. The summed E-state index contributed by atoms with van der Waals surface area (Å²) in [6, 6.07) is 6.54. The van der Waals surface area contributed by atoms with Gasteiger partial charge in [0.2, 0.25) is 5.82 Å². The topological polar surface area (TPSA) is 109 Å². The molecule has 0 saturated heterocycles. The summed E-state index contributed by atoms with van der Waals surface area (Å²) in [5, 5.41) is 11.2. The third kappa shape index (κ3) is 3.28. The van der Waals surface area contributed by atoms with E-state index in [1.54, 1.807) is 24.3 Å². The van der Waals surface area contributed by atoms with Crippen molar-refractivity contribution in [2.75, 3.05) is 17.7 Å². The second-order valence-corrected chi connectivity index (χ2v) is 3.48. The molecule has 0 bridgehead atoms. The van der Waals surface area contributed by atoms with Crippen LogP contribution in [0.15, 0.2) is 30.6 Å². The SMILES string of the molecule is COC(=O)Nc1ccc(NC(=O)c2ncn[nH]2)cc1. The van der Waals surface area contributed by atoms with E-state index < -0.39 is 12.0 Å².